The molecule has 4 aliphatic carbocycles. The van der Waals surface area contributed by atoms with Gasteiger partial charge >= 0.3 is 75.7 Å². The Hall–Kier alpha value is 0.456. The summed E-state index contributed by atoms with van der Waals surface area (Å²) >= 11 is -1.65. The first-order valence-electron chi connectivity index (χ1n) is 15.3. The summed E-state index contributed by atoms with van der Waals surface area (Å²) in [5.74, 6) is 3.21. The molecule has 0 heterocycles. The zero-order valence-electron chi connectivity index (χ0n) is 25.6. The second-order valence-corrected chi connectivity index (χ2v) is 19.0. The van der Waals surface area contributed by atoms with Crippen LogP contribution in [0.5, 0.6) is 0 Å². The molecule has 42 heavy (non-hydrogen) atoms. The van der Waals surface area contributed by atoms with Crippen LogP contribution in [-0.4, -0.2) is 0 Å². The van der Waals surface area contributed by atoms with Gasteiger partial charge in [-0.2, -0.15) is 75.9 Å². The van der Waals surface area contributed by atoms with Crippen LogP contribution in [0.25, 0.3) is 0 Å². The predicted molar refractivity (Wildman–Crippen MR) is 180 cm³/mol. The molecule has 0 aliphatic heterocycles. The molecule has 0 saturated carbocycles. The van der Waals surface area contributed by atoms with E-state index in [-0.39, 0.29) is 0 Å². The molecule has 0 radical (unpaired) electrons. The molecule has 4 unspecified atom stereocenters. The maximum absolute atomic E-state index is 4.93. The van der Waals surface area contributed by atoms with Crippen LogP contribution in [-0.2, 0) is 54.5 Å². The monoisotopic (exact) mass is 798 g/mol. The van der Waals surface area contributed by atoms with Crippen molar-refractivity contribution < 1.29 is 41.7 Å². The summed E-state index contributed by atoms with van der Waals surface area (Å²) in [6.07, 6.45) is 20.9. The van der Waals surface area contributed by atoms with Gasteiger partial charge in [-0.25, -0.2) is 30.4 Å². The van der Waals surface area contributed by atoms with Gasteiger partial charge in [0.2, 0.25) is 0 Å². The number of halogens is 4. The van der Waals surface area contributed by atoms with Gasteiger partial charge < -0.3 is 0 Å². The Labute approximate surface area is 294 Å². The number of hydrogen-bond acceptors (Lipinski definition) is 0. The van der Waals surface area contributed by atoms with Crippen LogP contribution >= 0.6 is 34.1 Å². The molecule has 0 spiro atoms. The molecule has 0 bridgehead atoms. The van der Waals surface area contributed by atoms with E-state index in [0.29, 0.717) is 0 Å². The van der Waals surface area contributed by atoms with E-state index in [1.807, 2.05) is 12.2 Å². The van der Waals surface area contributed by atoms with Gasteiger partial charge in [-0.1, -0.05) is 78.1 Å². The molecular formula is C36H46Cl4Zr2. The summed E-state index contributed by atoms with van der Waals surface area (Å²) in [6, 6.07) is 20.2. The van der Waals surface area contributed by atoms with E-state index >= 15 is 0 Å². The Morgan fingerprint density at radius 2 is 1.14 bits per heavy atom. The fourth-order valence-electron chi connectivity index (χ4n) is 6.27. The van der Waals surface area contributed by atoms with Crippen LogP contribution in [0, 0.1) is 6.08 Å². The molecular weight excluding hydrogens is 757 g/mol. The molecule has 6 heteroatoms. The van der Waals surface area contributed by atoms with E-state index in [1.165, 1.54) is 51.4 Å². The van der Waals surface area contributed by atoms with Crippen LogP contribution in [0.15, 0.2) is 72.8 Å². The van der Waals surface area contributed by atoms with Crippen molar-refractivity contribution in [2.75, 3.05) is 0 Å². The SMILES string of the molecule is CC1CCC(C)c2[cH-]ccc21.CC1CCC(C)c2[cH-]ccc21.[C-]1=CC=CC1.[Cl][Zr+2][Cl].[Cl][Zr+2][Cl].c1cc2c([cH-]1)CCCC2. The standard InChI is InChI=1S/2C11H15.C9H11.C5H5.4ClH.2Zr/c2*1-8-6-7-9(2)11-5-3-4-10(8)11;1-2-5-9-7-3-6-8(9)4-1;1-2-4-5-3-1;;;;;;/h2*3-5,8-9H,6-7H2,1-2H3;3,6-7H,1-2,4-5H2;1-3H,4H2;4*1H;;/q4*-1;;;;;2*+4/p-4. The van der Waals surface area contributed by atoms with E-state index in [1.54, 1.807) is 33.4 Å². The van der Waals surface area contributed by atoms with Crippen LogP contribution in [0.4, 0.5) is 0 Å². The summed E-state index contributed by atoms with van der Waals surface area (Å²) < 4.78 is 0. The third-order valence-corrected chi connectivity index (χ3v) is 8.69. The van der Waals surface area contributed by atoms with Gasteiger partial charge in [-0.05, 0) is 24.7 Å². The zero-order valence-corrected chi connectivity index (χ0v) is 33.6. The smallest absolute Gasteiger partial charge is 0.0512 e. The topological polar surface area (TPSA) is 0 Å². The van der Waals surface area contributed by atoms with Gasteiger partial charge in [0, 0.05) is 0 Å². The Balaban J connectivity index is 0.000000188. The first-order chi connectivity index (χ1) is 20.4. The number of rotatable bonds is 0. The molecule has 7 rings (SSSR count). The maximum Gasteiger partial charge on any atom is -0.0512 e. The van der Waals surface area contributed by atoms with Gasteiger partial charge in [0.05, 0.1) is 0 Å². The Kier molecular flexibility index (Phi) is 21.0. The first-order valence-corrected chi connectivity index (χ1v) is 27.9. The molecule has 3 aromatic carbocycles. The molecule has 4 aliphatic rings. The Morgan fingerprint density at radius 3 is 1.55 bits per heavy atom. The summed E-state index contributed by atoms with van der Waals surface area (Å²) in [5, 5.41) is 0. The van der Waals surface area contributed by atoms with Crippen LogP contribution in [0.2, 0.25) is 0 Å². The van der Waals surface area contributed by atoms with Crippen molar-refractivity contribution in [3.63, 3.8) is 0 Å². The second kappa shape index (κ2) is 22.9. The zero-order chi connectivity index (χ0) is 30.7. The third kappa shape index (κ3) is 13.4. The van der Waals surface area contributed by atoms with Gasteiger partial charge in [-0.15, -0.1) is 6.42 Å². The van der Waals surface area contributed by atoms with Gasteiger partial charge in [0.25, 0.3) is 0 Å². The minimum Gasteiger partial charge on any atom is -0.210 e. The van der Waals surface area contributed by atoms with Crippen molar-refractivity contribution in [1.29, 1.82) is 0 Å². The fraction of sp³-hybridized carbons (Fsp3) is 0.472. The molecule has 0 fully saturated rings. The van der Waals surface area contributed by atoms with Crippen LogP contribution in [0.3, 0.4) is 0 Å². The molecule has 0 amide bonds. The minimum absolute atomic E-state index is 0.802. The van der Waals surface area contributed by atoms with E-state index in [9.17, 15) is 0 Å². The Morgan fingerprint density at radius 1 is 0.667 bits per heavy atom. The van der Waals surface area contributed by atoms with Crippen molar-refractivity contribution >= 4 is 34.1 Å². The van der Waals surface area contributed by atoms with Crippen molar-refractivity contribution in [2.24, 2.45) is 0 Å². The maximum atomic E-state index is 4.93. The summed E-state index contributed by atoms with van der Waals surface area (Å²) in [7, 11) is 19.7. The number of hydrogen-bond donors (Lipinski definition) is 0. The van der Waals surface area contributed by atoms with Gasteiger partial charge in [-0.3, -0.25) is 6.08 Å². The van der Waals surface area contributed by atoms with Crippen molar-refractivity contribution in [3.8, 4) is 0 Å². The average Bonchev–Trinajstić information content (AvgIpc) is 3.82. The number of fused-ring (bicyclic) bond motifs is 3. The van der Waals surface area contributed by atoms with E-state index in [2.05, 4.69) is 94.4 Å². The quantitative estimate of drug-likeness (QED) is 0.199. The average molecular weight is 803 g/mol. The molecule has 0 saturated heterocycles. The first kappa shape index (κ1) is 38.6. The minimum atomic E-state index is -0.826. The van der Waals surface area contributed by atoms with Crippen molar-refractivity contribution in [3.05, 3.63) is 112 Å². The molecule has 226 valence electrons. The largest absolute Gasteiger partial charge is 0.210 e. The van der Waals surface area contributed by atoms with Crippen molar-refractivity contribution in [1.82, 2.24) is 0 Å². The molecule has 0 nitrogen and oxygen atoms in total. The predicted octanol–water partition coefficient (Wildman–Crippen LogP) is 13.2. The van der Waals surface area contributed by atoms with E-state index < -0.39 is 41.7 Å². The van der Waals surface area contributed by atoms with Gasteiger partial charge in [0.1, 0.15) is 0 Å². The normalized spacial score (nSPS) is 22.0. The van der Waals surface area contributed by atoms with Crippen LogP contribution < -0.4 is 0 Å². The molecule has 3 aromatic rings. The van der Waals surface area contributed by atoms with E-state index in [4.69, 9.17) is 34.1 Å². The van der Waals surface area contributed by atoms with E-state index in [0.717, 1.165) is 30.1 Å². The number of allylic oxidation sites excluding steroid dienone is 4. The van der Waals surface area contributed by atoms with Gasteiger partial charge in [0.15, 0.2) is 0 Å². The number of aryl methyl sites for hydroxylation is 2. The molecule has 4 atom stereocenters. The summed E-state index contributed by atoms with van der Waals surface area (Å²) in [5.41, 5.74) is 9.60. The third-order valence-electron chi connectivity index (χ3n) is 8.69. The molecule has 0 aromatic heterocycles. The van der Waals surface area contributed by atoms with Crippen LogP contribution in [0.1, 0.15) is 130 Å². The molecule has 0 N–H and O–H groups in total. The van der Waals surface area contributed by atoms with Crippen molar-refractivity contribution in [2.45, 2.75) is 109 Å². The Bertz CT molecular complexity index is 1020. The summed E-state index contributed by atoms with van der Waals surface area (Å²) in [6.45, 7) is 9.35. The fourth-order valence-corrected chi connectivity index (χ4v) is 6.27. The second-order valence-electron chi connectivity index (χ2n) is 11.6. The summed E-state index contributed by atoms with van der Waals surface area (Å²) in [4.78, 5) is 0.